The zero-order valence-electron chi connectivity index (χ0n) is 8.71. The second kappa shape index (κ2) is 4.69. The summed E-state index contributed by atoms with van der Waals surface area (Å²) in [7, 11) is 0. The first kappa shape index (κ1) is 12.4. The number of hydrogen-bond acceptors (Lipinski definition) is 3. The van der Waals surface area contributed by atoms with Gasteiger partial charge in [-0.05, 0) is 25.1 Å². The van der Waals surface area contributed by atoms with Crippen molar-refractivity contribution in [1.29, 1.82) is 0 Å². The number of nitrogens with zero attached hydrogens (tertiary/aromatic N) is 2. The Morgan fingerprint density at radius 1 is 1.06 bits per heavy atom. The summed E-state index contributed by atoms with van der Waals surface area (Å²) in [6.07, 6.45) is 0. The number of aromatic nitrogens is 2. The maximum absolute atomic E-state index is 9.32. The molecule has 0 aliphatic heterocycles. The number of phenols is 1. The molecule has 0 amide bonds. The van der Waals surface area contributed by atoms with E-state index in [2.05, 4.69) is 9.97 Å². The third-order valence-corrected chi connectivity index (χ3v) is 3.27. The van der Waals surface area contributed by atoms with Crippen LogP contribution in [0.25, 0.3) is 11.4 Å². The van der Waals surface area contributed by atoms with E-state index in [0.29, 0.717) is 27.3 Å². The molecule has 88 valence electrons. The smallest absolute Gasteiger partial charge is 0.162 e. The van der Waals surface area contributed by atoms with Crippen molar-refractivity contribution in [1.82, 2.24) is 9.97 Å². The zero-order chi connectivity index (χ0) is 12.6. The Bertz CT molecular complexity index is 564. The Morgan fingerprint density at radius 2 is 1.65 bits per heavy atom. The van der Waals surface area contributed by atoms with Crippen LogP contribution in [0.5, 0.6) is 5.75 Å². The molecular weight excluding hydrogens is 282 g/mol. The predicted molar refractivity (Wildman–Crippen MR) is 68.9 cm³/mol. The van der Waals surface area contributed by atoms with Crippen molar-refractivity contribution < 1.29 is 5.11 Å². The number of halogens is 3. The summed E-state index contributed by atoms with van der Waals surface area (Å²) >= 11 is 17.6. The van der Waals surface area contributed by atoms with Crippen LogP contribution in [0, 0.1) is 6.92 Å². The first-order chi connectivity index (χ1) is 7.99. The molecular formula is C11H7Cl3N2O. The van der Waals surface area contributed by atoms with Crippen molar-refractivity contribution in [3.05, 3.63) is 39.1 Å². The summed E-state index contributed by atoms with van der Waals surface area (Å²) in [5.41, 5.74) is 1.26. The minimum absolute atomic E-state index is 0.000257. The van der Waals surface area contributed by atoms with Gasteiger partial charge in [0.05, 0.1) is 5.02 Å². The van der Waals surface area contributed by atoms with Crippen LogP contribution in [0.4, 0.5) is 0 Å². The summed E-state index contributed by atoms with van der Waals surface area (Å²) in [5.74, 6) is 0.368. The van der Waals surface area contributed by atoms with Gasteiger partial charge in [-0.25, -0.2) is 9.97 Å². The van der Waals surface area contributed by atoms with Crippen LogP contribution >= 0.6 is 34.8 Å². The van der Waals surface area contributed by atoms with Gasteiger partial charge in [0.25, 0.3) is 0 Å². The van der Waals surface area contributed by atoms with E-state index in [-0.39, 0.29) is 10.8 Å². The molecule has 2 aromatic rings. The molecule has 17 heavy (non-hydrogen) atoms. The molecule has 1 aromatic heterocycles. The third kappa shape index (κ3) is 2.46. The maximum Gasteiger partial charge on any atom is 0.162 e. The highest BCUT2D eigenvalue weighted by molar-refractivity contribution is 6.34. The number of hydrogen-bond donors (Lipinski definition) is 1. The zero-order valence-corrected chi connectivity index (χ0v) is 11.0. The minimum Gasteiger partial charge on any atom is -0.506 e. The average molecular weight is 290 g/mol. The van der Waals surface area contributed by atoms with Crippen molar-refractivity contribution in [2.45, 2.75) is 6.92 Å². The first-order valence-electron chi connectivity index (χ1n) is 4.67. The van der Waals surface area contributed by atoms with Crippen molar-refractivity contribution in [2.24, 2.45) is 0 Å². The van der Waals surface area contributed by atoms with Crippen LogP contribution in [0.2, 0.25) is 15.3 Å². The monoisotopic (exact) mass is 288 g/mol. The topological polar surface area (TPSA) is 46.0 Å². The number of phenolic OH excluding ortho intramolecular Hbond substituents is 1. The van der Waals surface area contributed by atoms with Crippen molar-refractivity contribution in [3.63, 3.8) is 0 Å². The highest BCUT2D eigenvalue weighted by atomic mass is 35.5. The molecule has 2 rings (SSSR count). The second-order valence-corrected chi connectivity index (χ2v) is 4.54. The molecule has 1 N–H and O–H groups in total. The van der Waals surface area contributed by atoms with Crippen LogP contribution in [-0.2, 0) is 0 Å². The second-order valence-electron chi connectivity index (χ2n) is 3.42. The number of aromatic hydroxyl groups is 1. The van der Waals surface area contributed by atoms with E-state index in [1.165, 1.54) is 6.07 Å². The average Bonchev–Trinajstić information content (AvgIpc) is 2.29. The van der Waals surface area contributed by atoms with Gasteiger partial charge < -0.3 is 5.11 Å². The molecule has 0 saturated heterocycles. The Hall–Kier alpha value is -1.03. The predicted octanol–water partition coefficient (Wildman–Crippen LogP) is 4.12. The summed E-state index contributed by atoms with van der Waals surface area (Å²) in [5, 5.41) is 10.1. The van der Waals surface area contributed by atoms with Gasteiger partial charge in [0.1, 0.15) is 16.1 Å². The summed E-state index contributed by atoms with van der Waals surface area (Å²) in [4.78, 5) is 8.21. The van der Waals surface area contributed by atoms with Crippen molar-refractivity contribution in [3.8, 4) is 17.1 Å². The molecule has 0 atom stereocenters. The lowest BCUT2D eigenvalue weighted by Gasteiger charge is -2.05. The lowest BCUT2D eigenvalue weighted by molar-refractivity contribution is 0.475. The molecule has 0 radical (unpaired) electrons. The van der Waals surface area contributed by atoms with E-state index in [1.807, 2.05) is 0 Å². The number of benzene rings is 1. The van der Waals surface area contributed by atoms with E-state index in [0.717, 1.165) is 0 Å². The van der Waals surface area contributed by atoms with Crippen LogP contribution in [0.15, 0.2) is 18.2 Å². The summed E-state index contributed by atoms with van der Waals surface area (Å²) in [6.45, 7) is 1.73. The van der Waals surface area contributed by atoms with E-state index in [1.54, 1.807) is 19.1 Å². The SMILES string of the molecule is Cc1c(Cl)nc(-c2ccc(O)c(Cl)c2)nc1Cl. The molecule has 3 nitrogen and oxygen atoms in total. The minimum atomic E-state index is -0.000257. The highest BCUT2D eigenvalue weighted by Gasteiger charge is 2.10. The lowest BCUT2D eigenvalue weighted by atomic mass is 10.2. The van der Waals surface area contributed by atoms with Gasteiger partial charge >= 0.3 is 0 Å². The van der Waals surface area contributed by atoms with Gasteiger partial charge in [-0.15, -0.1) is 0 Å². The molecule has 0 fully saturated rings. The van der Waals surface area contributed by atoms with E-state index in [9.17, 15) is 5.11 Å². The van der Waals surface area contributed by atoms with E-state index < -0.39 is 0 Å². The van der Waals surface area contributed by atoms with Crippen LogP contribution in [-0.4, -0.2) is 15.1 Å². The van der Waals surface area contributed by atoms with Gasteiger partial charge in [-0.1, -0.05) is 34.8 Å². The third-order valence-electron chi connectivity index (χ3n) is 2.23. The maximum atomic E-state index is 9.32. The standard InChI is InChI=1S/C11H7Cl3N2O/c1-5-9(13)15-11(16-10(5)14)6-2-3-8(17)7(12)4-6/h2-4,17H,1H3. The molecule has 1 heterocycles. The molecule has 0 bridgehead atoms. The first-order valence-corrected chi connectivity index (χ1v) is 5.81. The Kier molecular flexibility index (Phi) is 3.43. The quantitative estimate of drug-likeness (QED) is 0.803. The normalized spacial score (nSPS) is 10.6. The molecule has 0 aliphatic rings. The fraction of sp³-hybridized carbons (Fsp3) is 0.0909. The lowest BCUT2D eigenvalue weighted by Crippen LogP contribution is -1.93. The van der Waals surface area contributed by atoms with Crippen LogP contribution < -0.4 is 0 Å². The Balaban J connectivity index is 2.57. The summed E-state index contributed by atoms with van der Waals surface area (Å²) in [6, 6.07) is 4.65. The molecule has 1 aromatic carbocycles. The van der Waals surface area contributed by atoms with Gasteiger partial charge in [-0.3, -0.25) is 0 Å². The van der Waals surface area contributed by atoms with Gasteiger partial charge in [-0.2, -0.15) is 0 Å². The van der Waals surface area contributed by atoms with Crippen LogP contribution in [0.1, 0.15) is 5.56 Å². The fourth-order valence-electron chi connectivity index (χ4n) is 1.24. The van der Waals surface area contributed by atoms with E-state index in [4.69, 9.17) is 34.8 Å². The van der Waals surface area contributed by atoms with Gasteiger partial charge in [0.2, 0.25) is 0 Å². The largest absolute Gasteiger partial charge is 0.506 e. The van der Waals surface area contributed by atoms with Crippen molar-refractivity contribution in [2.75, 3.05) is 0 Å². The molecule has 6 heteroatoms. The van der Waals surface area contributed by atoms with E-state index >= 15 is 0 Å². The molecule has 0 saturated carbocycles. The van der Waals surface area contributed by atoms with Gasteiger partial charge in [0, 0.05) is 11.1 Å². The number of rotatable bonds is 1. The summed E-state index contributed by atoms with van der Waals surface area (Å²) < 4.78 is 0. The molecule has 0 aliphatic carbocycles. The molecule has 0 unspecified atom stereocenters. The van der Waals surface area contributed by atoms with Crippen LogP contribution in [0.3, 0.4) is 0 Å². The van der Waals surface area contributed by atoms with Gasteiger partial charge in [0.15, 0.2) is 5.82 Å². The Morgan fingerprint density at radius 3 is 2.18 bits per heavy atom. The molecule has 0 spiro atoms. The highest BCUT2D eigenvalue weighted by Crippen LogP contribution is 2.30. The Labute approximate surface area is 113 Å². The van der Waals surface area contributed by atoms with Crippen molar-refractivity contribution >= 4 is 34.8 Å². The fourth-order valence-corrected chi connectivity index (χ4v) is 1.81.